The van der Waals surface area contributed by atoms with E-state index >= 15 is 0 Å². The monoisotopic (exact) mass is 420 g/mol. The van der Waals surface area contributed by atoms with Crippen molar-refractivity contribution in [2.24, 2.45) is 5.92 Å². The van der Waals surface area contributed by atoms with Crippen LogP contribution in [0.25, 0.3) is 21.7 Å². The third-order valence-electron chi connectivity index (χ3n) is 7.07. The summed E-state index contributed by atoms with van der Waals surface area (Å²) >= 11 is 0. The summed E-state index contributed by atoms with van der Waals surface area (Å²) in [6.07, 6.45) is 4.59. The summed E-state index contributed by atoms with van der Waals surface area (Å²) in [7, 11) is 0. The molecule has 0 radical (unpaired) electrons. The van der Waals surface area contributed by atoms with Gasteiger partial charge in [0.1, 0.15) is 0 Å². The molecule has 32 heavy (non-hydrogen) atoms. The van der Waals surface area contributed by atoms with Crippen LogP contribution in [0.15, 0.2) is 71.7 Å². The fourth-order valence-electron chi connectivity index (χ4n) is 5.16. The lowest BCUT2D eigenvalue weighted by molar-refractivity contribution is 0.488. The van der Waals surface area contributed by atoms with Gasteiger partial charge in [-0.05, 0) is 48.9 Å². The molecule has 0 bridgehead atoms. The number of para-hydroxylation sites is 1. The molecule has 5 heteroatoms. The molecule has 1 saturated heterocycles. The molecule has 6 rings (SSSR count). The van der Waals surface area contributed by atoms with E-state index in [4.69, 9.17) is 4.98 Å². The second-order valence-electron chi connectivity index (χ2n) is 9.00. The average molecular weight is 421 g/mol. The van der Waals surface area contributed by atoms with E-state index in [1.54, 1.807) is 0 Å². The summed E-state index contributed by atoms with van der Waals surface area (Å²) < 4.78 is 1.91. The van der Waals surface area contributed by atoms with E-state index in [9.17, 15) is 10.1 Å². The molecule has 0 amide bonds. The maximum Gasteiger partial charge on any atom is 0.260 e. The van der Waals surface area contributed by atoms with Crippen molar-refractivity contribution < 1.29 is 0 Å². The highest BCUT2D eigenvalue weighted by atomic mass is 16.1. The summed E-state index contributed by atoms with van der Waals surface area (Å²) in [4.78, 5) is 20.8. The Morgan fingerprint density at radius 1 is 0.938 bits per heavy atom. The molecule has 158 valence electrons. The van der Waals surface area contributed by atoms with Gasteiger partial charge in [-0.3, -0.25) is 9.78 Å². The second kappa shape index (κ2) is 7.49. The molecule has 5 nitrogen and oxygen atoms in total. The van der Waals surface area contributed by atoms with Crippen LogP contribution in [0, 0.1) is 17.2 Å². The summed E-state index contributed by atoms with van der Waals surface area (Å²) in [5.74, 6) is 0.396. The lowest BCUT2D eigenvalue weighted by Crippen LogP contribution is -2.34. The van der Waals surface area contributed by atoms with Crippen LogP contribution in [0.5, 0.6) is 0 Å². The van der Waals surface area contributed by atoms with E-state index < -0.39 is 0 Å². The van der Waals surface area contributed by atoms with Gasteiger partial charge in [0.2, 0.25) is 0 Å². The zero-order valence-electron chi connectivity index (χ0n) is 17.8. The van der Waals surface area contributed by atoms with E-state index in [1.807, 2.05) is 41.1 Å². The predicted octanol–water partition coefficient (Wildman–Crippen LogP) is 5.02. The third-order valence-corrected chi connectivity index (χ3v) is 7.07. The fourth-order valence-corrected chi connectivity index (χ4v) is 5.16. The Bertz CT molecular complexity index is 1430. The number of fused-ring (bicyclic) bond motifs is 2. The van der Waals surface area contributed by atoms with Crippen LogP contribution in [0.3, 0.4) is 0 Å². The Labute approximate surface area is 186 Å². The SMILES string of the molecule is N#CC1CCN(c2cccc3ccn(C4CC4c4ccc5ccccc5n4)c(=O)c23)CC1. The average Bonchev–Trinajstić information content (AvgIpc) is 3.64. The highest BCUT2D eigenvalue weighted by molar-refractivity contribution is 5.93. The van der Waals surface area contributed by atoms with Crippen LogP contribution in [0.1, 0.15) is 36.9 Å². The second-order valence-corrected chi connectivity index (χ2v) is 9.00. The molecule has 0 spiro atoms. The number of hydrogen-bond donors (Lipinski definition) is 0. The van der Waals surface area contributed by atoms with Crippen molar-refractivity contribution >= 4 is 27.4 Å². The van der Waals surface area contributed by atoms with Crippen molar-refractivity contribution in [1.82, 2.24) is 9.55 Å². The van der Waals surface area contributed by atoms with Crippen molar-refractivity contribution in [3.05, 3.63) is 82.9 Å². The first kappa shape index (κ1) is 19.1. The molecule has 3 heterocycles. The number of nitriles is 1. The number of benzene rings is 2. The van der Waals surface area contributed by atoms with E-state index in [-0.39, 0.29) is 23.4 Å². The molecule has 0 N–H and O–H groups in total. The van der Waals surface area contributed by atoms with Crippen molar-refractivity contribution in [2.75, 3.05) is 18.0 Å². The molecule has 1 saturated carbocycles. The van der Waals surface area contributed by atoms with Gasteiger partial charge in [-0.25, -0.2) is 0 Å². The van der Waals surface area contributed by atoms with Crippen molar-refractivity contribution in [3.63, 3.8) is 0 Å². The van der Waals surface area contributed by atoms with E-state index in [0.717, 1.165) is 65.4 Å². The summed E-state index contributed by atoms with van der Waals surface area (Å²) in [6.45, 7) is 1.64. The number of anilines is 1. The Balaban J connectivity index is 1.35. The molecule has 2 aromatic carbocycles. The fraction of sp³-hybridized carbons (Fsp3) is 0.296. The van der Waals surface area contributed by atoms with Crippen LogP contribution in [-0.2, 0) is 0 Å². The van der Waals surface area contributed by atoms with Crippen molar-refractivity contribution in [1.29, 1.82) is 5.26 Å². The quantitative estimate of drug-likeness (QED) is 0.467. The van der Waals surface area contributed by atoms with Gasteiger partial charge in [0.25, 0.3) is 5.56 Å². The normalized spacial score (nSPS) is 21.0. The maximum absolute atomic E-state index is 13.6. The predicted molar refractivity (Wildman–Crippen MR) is 127 cm³/mol. The van der Waals surface area contributed by atoms with Crippen LogP contribution in [0.2, 0.25) is 0 Å². The number of pyridine rings is 2. The van der Waals surface area contributed by atoms with Gasteiger partial charge in [-0.1, -0.05) is 36.4 Å². The first-order valence-corrected chi connectivity index (χ1v) is 11.4. The zero-order valence-corrected chi connectivity index (χ0v) is 17.8. The van der Waals surface area contributed by atoms with E-state index in [2.05, 4.69) is 41.3 Å². The van der Waals surface area contributed by atoms with Gasteiger partial charge in [0.05, 0.1) is 22.7 Å². The van der Waals surface area contributed by atoms with Crippen molar-refractivity contribution in [2.45, 2.75) is 31.2 Å². The summed E-state index contributed by atoms with van der Waals surface area (Å²) in [6, 6.07) is 23.1. The van der Waals surface area contributed by atoms with Crippen molar-refractivity contribution in [3.8, 4) is 6.07 Å². The van der Waals surface area contributed by atoms with Gasteiger partial charge in [-0.2, -0.15) is 5.26 Å². The van der Waals surface area contributed by atoms with Gasteiger partial charge < -0.3 is 9.47 Å². The molecule has 2 unspecified atom stereocenters. The Hall–Kier alpha value is -3.65. The van der Waals surface area contributed by atoms with Gasteiger partial charge >= 0.3 is 0 Å². The minimum atomic E-state index is 0.0776. The minimum Gasteiger partial charge on any atom is -0.371 e. The molecule has 2 fully saturated rings. The number of hydrogen-bond acceptors (Lipinski definition) is 4. The largest absolute Gasteiger partial charge is 0.371 e. The molecule has 1 aliphatic heterocycles. The minimum absolute atomic E-state index is 0.0776. The molecule has 2 atom stereocenters. The van der Waals surface area contributed by atoms with Crippen LogP contribution in [-0.4, -0.2) is 22.6 Å². The molecular weight excluding hydrogens is 396 g/mol. The van der Waals surface area contributed by atoms with Crippen LogP contribution >= 0.6 is 0 Å². The topological polar surface area (TPSA) is 61.9 Å². The molecule has 4 aromatic rings. The molecule has 2 aliphatic rings. The highest BCUT2D eigenvalue weighted by Crippen LogP contribution is 2.50. The first-order valence-electron chi connectivity index (χ1n) is 11.4. The molecular formula is C27H24N4O. The summed E-state index contributed by atoms with van der Waals surface area (Å²) in [5, 5.41) is 12.1. The smallest absolute Gasteiger partial charge is 0.260 e. The first-order chi connectivity index (χ1) is 15.7. The maximum atomic E-state index is 13.6. The highest BCUT2D eigenvalue weighted by Gasteiger charge is 2.41. The number of aromatic nitrogens is 2. The molecule has 2 aromatic heterocycles. The number of rotatable bonds is 3. The number of nitrogens with zero attached hydrogens (tertiary/aromatic N) is 4. The molecule has 1 aliphatic carbocycles. The lowest BCUT2D eigenvalue weighted by Gasteiger charge is -2.31. The lowest BCUT2D eigenvalue weighted by atomic mass is 9.97. The van der Waals surface area contributed by atoms with Gasteiger partial charge in [-0.15, -0.1) is 0 Å². The third kappa shape index (κ3) is 3.15. The van der Waals surface area contributed by atoms with Crippen LogP contribution < -0.4 is 10.5 Å². The van der Waals surface area contributed by atoms with Crippen LogP contribution in [0.4, 0.5) is 5.69 Å². The summed E-state index contributed by atoms with van der Waals surface area (Å²) in [5.41, 5.74) is 3.14. The Morgan fingerprint density at radius 2 is 1.75 bits per heavy atom. The van der Waals surface area contributed by atoms with E-state index in [1.165, 1.54) is 0 Å². The van der Waals surface area contributed by atoms with Gasteiger partial charge in [0.15, 0.2) is 0 Å². The van der Waals surface area contributed by atoms with E-state index in [0.29, 0.717) is 0 Å². The standard InChI is InChI=1S/C27H24N4O/c28-17-18-10-13-30(14-11-18)24-7-3-5-20-12-15-31(27(32)26(20)24)25-16-21(25)23-9-8-19-4-1-2-6-22(19)29-23/h1-9,12,15,18,21,25H,10-11,13-14,16H2. The van der Waals surface area contributed by atoms with Gasteiger partial charge in [0, 0.05) is 48.2 Å². The zero-order chi connectivity index (χ0) is 21.7. The number of piperidine rings is 1. The Kier molecular flexibility index (Phi) is 4.46. The Morgan fingerprint density at radius 3 is 2.59 bits per heavy atom.